The van der Waals surface area contributed by atoms with Gasteiger partial charge in [0.25, 0.3) is 0 Å². The highest BCUT2D eigenvalue weighted by molar-refractivity contribution is 5.63. The number of rotatable bonds is 17. The summed E-state index contributed by atoms with van der Waals surface area (Å²) in [6.07, 6.45) is 21.4. The number of carboxylic acids is 1. The molecule has 0 saturated heterocycles. The van der Waals surface area contributed by atoms with Gasteiger partial charge < -0.3 is 9.90 Å². The Balaban J connectivity index is 1.76. The highest BCUT2D eigenvalue weighted by atomic mass is 16.4. The Morgan fingerprint density at radius 3 is 1.69 bits per heavy atom. The zero-order valence-electron chi connectivity index (χ0n) is 16.9. The molecule has 0 fully saturated rings. The van der Waals surface area contributed by atoms with E-state index in [4.69, 9.17) is 0 Å². The van der Waals surface area contributed by atoms with Crippen LogP contribution >= 0.6 is 0 Å². The molecule has 0 saturated carbocycles. The van der Waals surface area contributed by atoms with Gasteiger partial charge >= 0.3 is 0 Å². The Kier molecular flexibility index (Phi) is 13.8. The lowest BCUT2D eigenvalue weighted by molar-refractivity contribution is -0.679. The Labute approximate surface area is 160 Å². The van der Waals surface area contributed by atoms with E-state index < -0.39 is 5.97 Å². The number of unbranched alkanes of at least 4 members (excludes halogenated alkanes) is 13. The van der Waals surface area contributed by atoms with Gasteiger partial charge in [0.2, 0.25) is 0 Å². The van der Waals surface area contributed by atoms with Crippen molar-refractivity contribution in [3.63, 3.8) is 0 Å². The van der Waals surface area contributed by atoms with Crippen molar-refractivity contribution in [1.29, 1.82) is 0 Å². The topological polar surface area (TPSA) is 44.0 Å². The minimum Gasteiger partial charge on any atom is -0.550 e. The van der Waals surface area contributed by atoms with Crippen LogP contribution in [0.3, 0.4) is 0 Å². The molecular formula is C23H39NO2. The van der Waals surface area contributed by atoms with Gasteiger partial charge in [0.15, 0.2) is 11.9 Å². The lowest BCUT2D eigenvalue weighted by Crippen LogP contribution is -2.32. The summed E-state index contributed by atoms with van der Waals surface area (Å²) in [7, 11) is 2.13. The fourth-order valence-corrected chi connectivity index (χ4v) is 3.52. The second-order valence-corrected chi connectivity index (χ2v) is 7.62. The number of pyridine rings is 1. The first-order valence-electron chi connectivity index (χ1n) is 10.8. The van der Waals surface area contributed by atoms with E-state index in [0.29, 0.717) is 0 Å². The third-order valence-corrected chi connectivity index (χ3v) is 5.23. The summed E-state index contributed by atoms with van der Waals surface area (Å²) < 4.78 is 2.23. The summed E-state index contributed by atoms with van der Waals surface area (Å²) in [5, 5.41) is 10.3. The molecule has 3 heteroatoms. The van der Waals surface area contributed by atoms with Crippen molar-refractivity contribution in [1.82, 2.24) is 0 Å². The lowest BCUT2D eigenvalue weighted by Gasteiger charge is -2.04. The van der Waals surface area contributed by atoms with Crippen LogP contribution in [-0.4, -0.2) is 5.97 Å². The molecule has 0 unspecified atom stereocenters. The van der Waals surface area contributed by atoms with Crippen molar-refractivity contribution in [3.8, 4) is 0 Å². The Bertz CT molecular complexity index is 473. The minimum atomic E-state index is -0.907. The normalized spacial score (nSPS) is 11.0. The van der Waals surface area contributed by atoms with E-state index in [-0.39, 0.29) is 6.42 Å². The van der Waals surface area contributed by atoms with Crippen molar-refractivity contribution in [3.05, 3.63) is 30.1 Å². The van der Waals surface area contributed by atoms with Gasteiger partial charge in [-0.15, -0.1) is 0 Å². The highest BCUT2D eigenvalue weighted by Gasteiger charge is 2.03. The number of carboxylic acid groups (broad SMARTS) is 1. The molecule has 1 rings (SSSR count). The summed E-state index contributed by atoms with van der Waals surface area (Å²) in [5.74, 6) is -0.907. The summed E-state index contributed by atoms with van der Waals surface area (Å²) >= 11 is 0. The number of carbonyl (C=O) groups excluding carboxylic acids is 1. The Hall–Kier alpha value is -1.38. The molecule has 0 aliphatic heterocycles. The van der Waals surface area contributed by atoms with Crippen LogP contribution in [0.4, 0.5) is 0 Å². The molecule has 26 heavy (non-hydrogen) atoms. The van der Waals surface area contributed by atoms with E-state index in [2.05, 4.69) is 36.0 Å². The molecule has 1 aromatic heterocycles. The van der Waals surface area contributed by atoms with Crippen LogP contribution < -0.4 is 9.67 Å². The van der Waals surface area contributed by atoms with E-state index >= 15 is 0 Å². The second-order valence-electron chi connectivity index (χ2n) is 7.62. The molecule has 1 heterocycles. The van der Waals surface area contributed by atoms with Gasteiger partial charge in [-0.2, -0.15) is 0 Å². The number of hydrogen-bond acceptors (Lipinski definition) is 2. The first-order valence-corrected chi connectivity index (χ1v) is 10.8. The van der Waals surface area contributed by atoms with Gasteiger partial charge in [0, 0.05) is 24.5 Å². The molecule has 3 nitrogen and oxygen atoms in total. The first-order chi connectivity index (χ1) is 12.7. The predicted octanol–water partition coefficient (Wildman–Crippen LogP) is 4.66. The molecule has 0 radical (unpaired) electrons. The maximum atomic E-state index is 10.3. The monoisotopic (exact) mass is 361 g/mol. The Morgan fingerprint density at radius 1 is 0.769 bits per heavy atom. The molecule has 148 valence electrons. The van der Waals surface area contributed by atoms with Crippen LogP contribution in [0.15, 0.2) is 24.4 Å². The third kappa shape index (κ3) is 12.9. The molecule has 0 spiro atoms. The van der Waals surface area contributed by atoms with E-state index in [1.54, 1.807) is 0 Å². The number of nitrogens with zero attached hydrogens (tertiary/aromatic N) is 1. The van der Waals surface area contributed by atoms with Crippen LogP contribution in [0.5, 0.6) is 0 Å². The molecule has 0 bridgehead atoms. The maximum Gasteiger partial charge on any atom is 0.181 e. The van der Waals surface area contributed by atoms with E-state index in [9.17, 15) is 9.90 Å². The van der Waals surface area contributed by atoms with E-state index in [1.165, 1.54) is 89.2 Å². The molecule has 1 aromatic rings. The summed E-state index contributed by atoms with van der Waals surface area (Å²) in [5.41, 5.74) is 1.44. The average Bonchev–Trinajstić information content (AvgIpc) is 2.62. The SMILES string of the molecule is C[n+]1ccccc1CCCCCCCCCCCCCCCCC(=O)[O-]. The van der Waals surface area contributed by atoms with Crippen molar-refractivity contribution < 1.29 is 14.5 Å². The average molecular weight is 362 g/mol. The van der Waals surface area contributed by atoms with Crippen molar-refractivity contribution >= 4 is 5.97 Å². The molecule has 0 N–H and O–H groups in total. The van der Waals surface area contributed by atoms with Crippen LogP contribution in [-0.2, 0) is 18.3 Å². The number of aromatic nitrogens is 1. The van der Waals surface area contributed by atoms with Gasteiger partial charge in [-0.05, 0) is 19.3 Å². The largest absolute Gasteiger partial charge is 0.550 e. The molecule has 0 aliphatic carbocycles. The standard InChI is InChI=1S/C23H39NO2/c1-24-21-17-16-19-22(24)18-14-12-10-8-6-4-2-3-5-7-9-11-13-15-20-23(25)26/h16-17,19,21H,2-15,18,20H2,1H3. The summed E-state index contributed by atoms with van der Waals surface area (Å²) in [4.78, 5) is 10.3. The lowest BCUT2D eigenvalue weighted by atomic mass is 10.0. The first kappa shape index (κ1) is 22.7. The third-order valence-electron chi connectivity index (χ3n) is 5.23. The van der Waals surface area contributed by atoms with Gasteiger partial charge in [-0.25, -0.2) is 4.57 Å². The van der Waals surface area contributed by atoms with Gasteiger partial charge in [0.1, 0.15) is 7.05 Å². The fraction of sp³-hybridized carbons (Fsp3) is 0.739. The van der Waals surface area contributed by atoms with Crippen molar-refractivity contribution in [2.75, 3.05) is 0 Å². The predicted molar refractivity (Wildman–Crippen MR) is 106 cm³/mol. The molecule has 0 aliphatic rings. The quantitative estimate of drug-likeness (QED) is 0.299. The molecule has 0 amide bonds. The Morgan fingerprint density at radius 2 is 1.23 bits per heavy atom. The zero-order valence-corrected chi connectivity index (χ0v) is 16.9. The van der Waals surface area contributed by atoms with Crippen LogP contribution in [0.25, 0.3) is 0 Å². The molecule has 0 atom stereocenters. The fourth-order valence-electron chi connectivity index (χ4n) is 3.52. The van der Waals surface area contributed by atoms with Gasteiger partial charge in [-0.3, -0.25) is 0 Å². The maximum absolute atomic E-state index is 10.3. The number of aryl methyl sites for hydroxylation is 2. The summed E-state index contributed by atoms with van der Waals surface area (Å²) in [6, 6.07) is 6.45. The van der Waals surface area contributed by atoms with Crippen LogP contribution in [0.2, 0.25) is 0 Å². The molecule has 0 aromatic carbocycles. The van der Waals surface area contributed by atoms with Gasteiger partial charge in [-0.1, -0.05) is 83.1 Å². The smallest absolute Gasteiger partial charge is 0.181 e. The van der Waals surface area contributed by atoms with Crippen molar-refractivity contribution in [2.24, 2.45) is 7.05 Å². The van der Waals surface area contributed by atoms with Gasteiger partial charge in [0.05, 0.1) is 0 Å². The van der Waals surface area contributed by atoms with Crippen molar-refractivity contribution in [2.45, 2.75) is 103 Å². The molecular weight excluding hydrogens is 322 g/mol. The zero-order chi connectivity index (χ0) is 18.9. The van der Waals surface area contributed by atoms with Crippen LogP contribution in [0.1, 0.15) is 102 Å². The number of hydrogen-bond donors (Lipinski definition) is 0. The second kappa shape index (κ2) is 15.8. The van der Waals surface area contributed by atoms with Crippen LogP contribution in [0, 0.1) is 0 Å². The van der Waals surface area contributed by atoms with E-state index in [0.717, 1.165) is 12.8 Å². The minimum absolute atomic E-state index is 0.227. The summed E-state index contributed by atoms with van der Waals surface area (Å²) in [6.45, 7) is 0. The number of aliphatic carboxylic acids is 1. The highest BCUT2D eigenvalue weighted by Crippen LogP contribution is 2.13. The van der Waals surface area contributed by atoms with E-state index in [1.807, 2.05) is 0 Å². The number of carbonyl (C=O) groups is 1.